The Labute approximate surface area is 107 Å². The Kier molecular flexibility index (Phi) is 2.74. The van der Waals surface area contributed by atoms with E-state index in [-0.39, 0.29) is 6.04 Å². The lowest BCUT2D eigenvalue weighted by Crippen LogP contribution is -2.18. The minimum atomic E-state index is 0.208. The summed E-state index contributed by atoms with van der Waals surface area (Å²) in [5, 5.41) is 4.01. The molecule has 0 fully saturated rings. The van der Waals surface area contributed by atoms with Gasteiger partial charge in [0.15, 0.2) is 0 Å². The van der Waals surface area contributed by atoms with Crippen molar-refractivity contribution < 1.29 is 4.52 Å². The molecule has 2 heterocycles. The first-order chi connectivity index (χ1) is 8.66. The SMILES string of the molecule is Cc1noc(C)c1Cn1ccc2c1CCCC2N. The van der Waals surface area contributed by atoms with Gasteiger partial charge in [0, 0.05) is 23.5 Å². The molecule has 96 valence electrons. The third-order valence-corrected chi connectivity index (χ3v) is 3.95. The predicted octanol–water partition coefficient (Wildman–Crippen LogP) is 2.48. The summed E-state index contributed by atoms with van der Waals surface area (Å²) < 4.78 is 7.51. The number of fused-ring (bicyclic) bond motifs is 1. The zero-order valence-electron chi connectivity index (χ0n) is 10.9. The summed E-state index contributed by atoms with van der Waals surface area (Å²) in [6.07, 6.45) is 5.54. The maximum Gasteiger partial charge on any atom is 0.138 e. The Morgan fingerprint density at radius 1 is 1.50 bits per heavy atom. The zero-order chi connectivity index (χ0) is 12.7. The van der Waals surface area contributed by atoms with E-state index in [0.717, 1.165) is 30.8 Å². The summed E-state index contributed by atoms with van der Waals surface area (Å²) in [5.41, 5.74) is 11.0. The highest BCUT2D eigenvalue weighted by Crippen LogP contribution is 2.29. The molecule has 0 saturated heterocycles. The summed E-state index contributed by atoms with van der Waals surface area (Å²) in [4.78, 5) is 0. The van der Waals surface area contributed by atoms with Crippen LogP contribution in [0.15, 0.2) is 16.8 Å². The molecule has 3 rings (SSSR count). The van der Waals surface area contributed by atoms with Crippen LogP contribution in [-0.2, 0) is 13.0 Å². The first-order valence-corrected chi connectivity index (χ1v) is 6.52. The van der Waals surface area contributed by atoms with Crippen LogP contribution >= 0.6 is 0 Å². The number of rotatable bonds is 2. The third-order valence-electron chi connectivity index (χ3n) is 3.95. The standard InChI is InChI=1S/C14H19N3O/c1-9-12(10(2)18-16-9)8-17-7-6-11-13(15)4-3-5-14(11)17/h6-7,13H,3-5,8,15H2,1-2H3. The van der Waals surface area contributed by atoms with Gasteiger partial charge in [0.25, 0.3) is 0 Å². The number of aryl methyl sites for hydroxylation is 2. The average molecular weight is 245 g/mol. The largest absolute Gasteiger partial charge is 0.361 e. The number of hydrogen-bond acceptors (Lipinski definition) is 3. The first-order valence-electron chi connectivity index (χ1n) is 6.52. The number of hydrogen-bond donors (Lipinski definition) is 1. The summed E-state index contributed by atoms with van der Waals surface area (Å²) in [6, 6.07) is 2.37. The van der Waals surface area contributed by atoms with E-state index in [0.29, 0.717) is 0 Å². The Morgan fingerprint density at radius 2 is 2.33 bits per heavy atom. The van der Waals surface area contributed by atoms with Crippen LogP contribution < -0.4 is 5.73 Å². The third kappa shape index (κ3) is 1.77. The summed E-state index contributed by atoms with van der Waals surface area (Å²) in [6.45, 7) is 4.80. The van der Waals surface area contributed by atoms with E-state index < -0.39 is 0 Å². The van der Waals surface area contributed by atoms with E-state index in [9.17, 15) is 0 Å². The minimum Gasteiger partial charge on any atom is -0.361 e. The van der Waals surface area contributed by atoms with Crippen molar-refractivity contribution in [2.75, 3.05) is 0 Å². The van der Waals surface area contributed by atoms with E-state index in [2.05, 4.69) is 22.0 Å². The average Bonchev–Trinajstić information content (AvgIpc) is 2.89. The molecule has 2 N–H and O–H groups in total. The smallest absolute Gasteiger partial charge is 0.138 e. The maximum atomic E-state index is 6.15. The van der Waals surface area contributed by atoms with Gasteiger partial charge in [-0.2, -0.15) is 0 Å². The molecule has 0 spiro atoms. The molecule has 2 aromatic heterocycles. The van der Waals surface area contributed by atoms with Gasteiger partial charge in [-0.1, -0.05) is 5.16 Å². The molecule has 0 aliphatic heterocycles. The van der Waals surface area contributed by atoms with Crippen LogP contribution in [0.4, 0.5) is 0 Å². The van der Waals surface area contributed by atoms with Gasteiger partial charge in [-0.15, -0.1) is 0 Å². The van der Waals surface area contributed by atoms with Gasteiger partial charge >= 0.3 is 0 Å². The van der Waals surface area contributed by atoms with E-state index in [1.807, 2.05) is 13.8 Å². The van der Waals surface area contributed by atoms with E-state index in [4.69, 9.17) is 10.3 Å². The predicted molar refractivity (Wildman–Crippen MR) is 69.4 cm³/mol. The molecule has 0 bridgehead atoms. The second kappa shape index (κ2) is 4.28. The van der Waals surface area contributed by atoms with Crippen LogP contribution in [0, 0.1) is 13.8 Å². The lowest BCUT2D eigenvalue weighted by Gasteiger charge is -2.20. The number of nitrogens with two attached hydrogens (primary N) is 1. The molecule has 1 aliphatic rings. The molecule has 4 heteroatoms. The second-order valence-corrected chi connectivity index (χ2v) is 5.15. The molecule has 0 saturated carbocycles. The molecular weight excluding hydrogens is 226 g/mol. The highest BCUT2D eigenvalue weighted by Gasteiger charge is 2.21. The van der Waals surface area contributed by atoms with Gasteiger partial charge in [0.1, 0.15) is 5.76 Å². The van der Waals surface area contributed by atoms with Crippen molar-refractivity contribution in [1.29, 1.82) is 0 Å². The molecule has 0 radical (unpaired) electrons. The van der Waals surface area contributed by atoms with Crippen LogP contribution in [0.1, 0.15) is 47.2 Å². The van der Waals surface area contributed by atoms with Gasteiger partial charge in [-0.3, -0.25) is 0 Å². The first kappa shape index (κ1) is 11.5. The lowest BCUT2D eigenvalue weighted by atomic mass is 9.93. The van der Waals surface area contributed by atoms with Gasteiger partial charge in [0.05, 0.1) is 12.2 Å². The Hall–Kier alpha value is -1.55. The van der Waals surface area contributed by atoms with E-state index in [1.54, 1.807) is 0 Å². The maximum absolute atomic E-state index is 6.15. The van der Waals surface area contributed by atoms with Crippen molar-refractivity contribution >= 4 is 0 Å². The molecule has 0 amide bonds. The van der Waals surface area contributed by atoms with E-state index >= 15 is 0 Å². The summed E-state index contributed by atoms with van der Waals surface area (Å²) >= 11 is 0. The van der Waals surface area contributed by atoms with Crippen LogP contribution in [0.2, 0.25) is 0 Å². The molecular formula is C14H19N3O. The zero-order valence-corrected chi connectivity index (χ0v) is 10.9. The Morgan fingerprint density at radius 3 is 3.06 bits per heavy atom. The van der Waals surface area contributed by atoms with Crippen molar-refractivity contribution in [3.05, 3.63) is 40.5 Å². The van der Waals surface area contributed by atoms with Crippen LogP contribution in [0.5, 0.6) is 0 Å². The lowest BCUT2D eigenvalue weighted by molar-refractivity contribution is 0.392. The Bertz CT molecular complexity index is 548. The number of aromatic nitrogens is 2. The molecule has 1 aliphatic carbocycles. The van der Waals surface area contributed by atoms with E-state index in [1.165, 1.54) is 23.2 Å². The fourth-order valence-corrected chi connectivity index (χ4v) is 2.84. The van der Waals surface area contributed by atoms with Crippen molar-refractivity contribution in [2.45, 2.75) is 45.7 Å². The molecule has 4 nitrogen and oxygen atoms in total. The molecule has 1 atom stereocenters. The monoisotopic (exact) mass is 245 g/mol. The van der Waals surface area contributed by atoms with Gasteiger partial charge in [-0.05, 0) is 44.7 Å². The van der Waals surface area contributed by atoms with Gasteiger partial charge in [-0.25, -0.2) is 0 Å². The van der Waals surface area contributed by atoms with Gasteiger partial charge < -0.3 is 14.8 Å². The normalized spacial score (nSPS) is 18.9. The summed E-state index contributed by atoms with van der Waals surface area (Å²) in [7, 11) is 0. The topological polar surface area (TPSA) is 57.0 Å². The van der Waals surface area contributed by atoms with Gasteiger partial charge in [0.2, 0.25) is 0 Å². The molecule has 0 aromatic carbocycles. The number of nitrogens with zero attached hydrogens (tertiary/aromatic N) is 2. The Balaban J connectivity index is 1.95. The van der Waals surface area contributed by atoms with Crippen molar-refractivity contribution in [3.8, 4) is 0 Å². The van der Waals surface area contributed by atoms with Crippen LogP contribution in [0.25, 0.3) is 0 Å². The molecule has 18 heavy (non-hydrogen) atoms. The quantitative estimate of drug-likeness (QED) is 0.884. The molecule has 1 unspecified atom stereocenters. The highest BCUT2D eigenvalue weighted by molar-refractivity contribution is 5.30. The van der Waals surface area contributed by atoms with Crippen LogP contribution in [0.3, 0.4) is 0 Å². The van der Waals surface area contributed by atoms with Crippen molar-refractivity contribution in [3.63, 3.8) is 0 Å². The van der Waals surface area contributed by atoms with Crippen molar-refractivity contribution in [2.24, 2.45) is 5.73 Å². The highest BCUT2D eigenvalue weighted by atomic mass is 16.5. The van der Waals surface area contributed by atoms with Crippen LogP contribution in [-0.4, -0.2) is 9.72 Å². The second-order valence-electron chi connectivity index (χ2n) is 5.15. The molecule has 2 aromatic rings. The fraction of sp³-hybridized carbons (Fsp3) is 0.500. The fourth-order valence-electron chi connectivity index (χ4n) is 2.84. The summed E-state index contributed by atoms with van der Waals surface area (Å²) in [5.74, 6) is 0.912. The van der Waals surface area contributed by atoms with Crippen molar-refractivity contribution in [1.82, 2.24) is 9.72 Å². The minimum absolute atomic E-state index is 0.208.